The second-order valence-corrected chi connectivity index (χ2v) is 5.40. The highest BCUT2D eigenvalue weighted by Crippen LogP contribution is 2.80. The second-order valence-electron chi connectivity index (χ2n) is 5.40. The zero-order valence-corrected chi connectivity index (χ0v) is 9.69. The van der Waals surface area contributed by atoms with Gasteiger partial charge in [0.05, 0.1) is 0 Å². The number of hydrogen-bond donors (Lipinski definition) is 0. The van der Waals surface area contributed by atoms with Gasteiger partial charge in [0.1, 0.15) is 0 Å². The Kier molecular flexibility index (Phi) is 2.02. The largest absolute Gasteiger partial charge is 0.0651 e. The fraction of sp³-hybridized carbons (Fsp3) is 1.00. The van der Waals surface area contributed by atoms with Gasteiger partial charge in [-0.25, -0.2) is 0 Å². The summed E-state index contributed by atoms with van der Waals surface area (Å²) in [6, 6.07) is 0. The lowest BCUT2D eigenvalue weighted by Crippen LogP contribution is -2.12. The van der Waals surface area contributed by atoms with Gasteiger partial charge in [-0.15, -0.1) is 0 Å². The minimum absolute atomic E-state index is 0.706. The van der Waals surface area contributed by atoms with Crippen molar-refractivity contribution in [2.24, 2.45) is 22.7 Å². The molecule has 0 N–H and O–H groups in total. The van der Waals surface area contributed by atoms with E-state index < -0.39 is 0 Å². The second kappa shape index (κ2) is 2.74. The Hall–Kier alpha value is 0. The summed E-state index contributed by atoms with van der Waals surface area (Å²) in [5.41, 5.74) is 1.48. The van der Waals surface area contributed by atoms with Crippen LogP contribution in [0.5, 0.6) is 0 Å². The van der Waals surface area contributed by atoms with Crippen molar-refractivity contribution in [3.05, 3.63) is 0 Å². The average molecular weight is 180 g/mol. The summed E-state index contributed by atoms with van der Waals surface area (Å²) in [6.07, 6.45) is 7.30. The molecule has 0 aromatic rings. The highest BCUT2D eigenvalue weighted by atomic mass is 14.8. The zero-order chi connectivity index (χ0) is 9.69. The predicted molar refractivity (Wildman–Crippen MR) is 57.6 cm³/mol. The van der Waals surface area contributed by atoms with Crippen LogP contribution in [-0.4, -0.2) is 0 Å². The fourth-order valence-electron chi connectivity index (χ4n) is 4.58. The highest BCUT2D eigenvalue weighted by Gasteiger charge is 2.74. The molecule has 2 aliphatic rings. The van der Waals surface area contributed by atoms with Gasteiger partial charge in [-0.2, -0.15) is 0 Å². The highest BCUT2D eigenvalue weighted by molar-refractivity contribution is 5.22. The third kappa shape index (κ3) is 0.926. The van der Waals surface area contributed by atoms with Crippen LogP contribution in [0, 0.1) is 22.7 Å². The Labute approximate surface area is 83.1 Å². The van der Waals surface area contributed by atoms with E-state index in [0.717, 1.165) is 17.3 Å². The smallest absolute Gasteiger partial charge is 0.0182 e. The van der Waals surface area contributed by atoms with Crippen molar-refractivity contribution in [3.8, 4) is 0 Å². The summed E-state index contributed by atoms with van der Waals surface area (Å²) < 4.78 is 0. The molecule has 0 nitrogen and oxygen atoms in total. The van der Waals surface area contributed by atoms with E-state index >= 15 is 0 Å². The van der Waals surface area contributed by atoms with E-state index in [-0.39, 0.29) is 0 Å². The normalized spacial score (nSPS) is 49.4. The standard InChI is InChI=1S/C13H24/c1-5-11-12(4,6-2)13(11,7-3)10-8-9-10/h10-11H,5-9H2,1-4H3. The van der Waals surface area contributed by atoms with E-state index in [4.69, 9.17) is 0 Å². The molecular formula is C13H24. The molecule has 2 saturated carbocycles. The molecule has 0 spiro atoms. The molecule has 3 unspecified atom stereocenters. The summed E-state index contributed by atoms with van der Waals surface area (Å²) in [5, 5.41) is 0. The Balaban J connectivity index is 2.21. The van der Waals surface area contributed by atoms with Gasteiger partial charge in [-0.1, -0.05) is 34.1 Å². The van der Waals surface area contributed by atoms with Crippen molar-refractivity contribution in [2.75, 3.05) is 0 Å². The molecule has 0 amide bonds. The van der Waals surface area contributed by atoms with Gasteiger partial charge in [-0.05, 0) is 48.3 Å². The molecule has 76 valence electrons. The minimum atomic E-state index is 0.706. The van der Waals surface area contributed by atoms with Crippen molar-refractivity contribution >= 4 is 0 Å². The average Bonchev–Trinajstić information content (AvgIpc) is 2.99. The van der Waals surface area contributed by atoms with Crippen LogP contribution < -0.4 is 0 Å². The Morgan fingerprint density at radius 3 is 1.92 bits per heavy atom. The lowest BCUT2D eigenvalue weighted by Gasteiger charge is -2.19. The Morgan fingerprint density at radius 2 is 1.69 bits per heavy atom. The van der Waals surface area contributed by atoms with Crippen molar-refractivity contribution in [1.29, 1.82) is 0 Å². The Bertz CT molecular complexity index is 204. The molecule has 2 fully saturated rings. The molecule has 0 heterocycles. The summed E-state index contributed by atoms with van der Waals surface area (Å²) in [6.45, 7) is 9.74. The summed E-state index contributed by atoms with van der Waals surface area (Å²) in [4.78, 5) is 0. The maximum atomic E-state index is 2.54. The van der Waals surface area contributed by atoms with Crippen LogP contribution in [0.4, 0.5) is 0 Å². The maximum absolute atomic E-state index is 2.54. The SMILES string of the molecule is CCC1C(C)(CC)C1(CC)C1CC1. The molecule has 0 aromatic heterocycles. The number of hydrogen-bond acceptors (Lipinski definition) is 0. The number of rotatable bonds is 4. The first-order valence-corrected chi connectivity index (χ1v) is 6.17. The van der Waals surface area contributed by atoms with E-state index in [1.807, 2.05) is 0 Å². The molecule has 13 heavy (non-hydrogen) atoms. The van der Waals surface area contributed by atoms with E-state index in [1.54, 1.807) is 0 Å². The van der Waals surface area contributed by atoms with Gasteiger partial charge in [0, 0.05) is 0 Å². The van der Waals surface area contributed by atoms with Crippen LogP contribution in [0.25, 0.3) is 0 Å². The topological polar surface area (TPSA) is 0 Å². The van der Waals surface area contributed by atoms with Gasteiger partial charge in [-0.3, -0.25) is 0 Å². The van der Waals surface area contributed by atoms with Crippen LogP contribution >= 0.6 is 0 Å². The molecule has 0 aromatic carbocycles. The van der Waals surface area contributed by atoms with Gasteiger partial charge < -0.3 is 0 Å². The first-order chi connectivity index (χ1) is 6.17. The van der Waals surface area contributed by atoms with Gasteiger partial charge in [0.2, 0.25) is 0 Å². The Morgan fingerprint density at radius 1 is 1.08 bits per heavy atom. The third-order valence-corrected chi connectivity index (χ3v) is 5.40. The maximum Gasteiger partial charge on any atom is -0.0182 e. The molecule has 2 rings (SSSR count). The van der Waals surface area contributed by atoms with Crippen LogP contribution in [0.1, 0.15) is 59.8 Å². The van der Waals surface area contributed by atoms with Gasteiger partial charge >= 0.3 is 0 Å². The minimum Gasteiger partial charge on any atom is -0.0651 e. The first-order valence-electron chi connectivity index (χ1n) is 6.17. The molecular weight excluding hydrogens is 156 g/mol. The fourth-order valence-corrected chi connectivity index (χ4v) is 4.58. The monoisotopic (exact) mass is 180 g/mol. The van der Waals surface area contributed by atoms with Crippen molar-refractivity contribution in [1.82, 2.24) is 0 Å². The van der Waals surface area contributed by atoms with E-state index in [9.17, 15) is 0 Å². The molecule has 2 aliphatic carbocycles. The lowest BCUT2D eigenvalue weighted by atomic mass is 9.85. The summed E-state index contributed by atoms with van der Waals surface area (Å²) in [7, 11) is 0. The van der Waals surface area contributed by atoms with Crippen LogP contribution in [-0.2, 0) is 0 Å². The zero-order valence-electron chi connectivity index (χ0n) is 9.69. The molecule has 0 radical (unpaired) electrons. The van der Waals surface area contributed by atoms with E-state index in [2.05, 4.69) is 27.7 Å². The third-order valence-electron chi connectivity index (χ3n) is 5.40. The van der Waals surface area contributed by atoms with E-state index in [1.165, 1.54) is 32.1 Å². The molecule has 3 atom stereocenters. The van der Waals surface area contributed by atoms with Crippen LogP contribution in [0.2, 0.25) is 0 Å². The lowest BCUT2D eigenvalue weighted by molar-refractivity contribution is 0.295. The van der Waals surface area contributed by atoms with Crippen molar-refractivity contribution in [3.63, 3.8) is 0 Å². The van der Waals surface area contributed by atoms with Gasteiger partial charge in [0.15, 0.2) is 0 Å². The summed E-state index contributed by atoms with van der Waals surface area (Å²) in [5.74, 6) is 2.15. The van der Waals surface area contributed by atoms with E-state index in [0.29, 0.717) is 5.41 Å². The quantitative estimate of drug-likeness (QED) is 0.606. The van der Waals surface area contributed by atoms with Crippen LogP contribution in [0.15, 0.2) is 0 Å². The van der Waals surface area contributed by atoms with Crippen molar-refractivity contribution in [2.45, 2.75) is 59.8 Å². The molecule has 0 saturated heterocycles. The predicted octanol–water partition coefficient (Wildman–Crippen LogP) is 4.25. The molecule has 0 aliphatic heterocycles. The van der Waals surface area contributed by atoms with Gasteiger partial charge in [0.25, 0.3) is 0 Å². The molecule has 0 heteroatoms. The van der Waals surface area contributed by atoms with Crippen molar-refractivity contribution < 1.29 is 0 Å². The first kappa shape index (κ1) is 9.55. The van der Waals surface area contributed by atoms with Crippen LogP contribution in [0.3, 0.4) is 0 Å². The summed E-state index contributed by atoms with van der Waals surface area (Å²) >= 11 is 0. The molecule has 0 bridgehead atoms.